The van der Waals surface area contributed by atoms with E-state index in [1.165, 1.54) is 5.56 Å². The van der Waals surface area contributed by atoms with Crippen LogP contribution in [0.15, 0.2) is 24.3 Å². The SMILES string of the molecule is Cc1nn(-c2[c-]cccc2)c(N(C)C)c1C.[Pt]. The van der Waals surface area contributed by atoms with Crippen molar-refractivity contribution in [3.63, 3.8) is 0 Å². The van der Waals surface area contributed by atoms with Gasteiger partial charge in [0.2, 0.25) is 0 Å². The van der Waals surface area contributed by atoms with Crippen molar-refractivity contribution < 1.29 is 21.1 Å². The molecule has 94 valence electrons. The Balaban J connectivity index is 0.00000144. The summed E-state index contributed by atoms with van der Waals surface area (Å²) in [5.41, 5.74) is 3.24. The molecule has 2 aromatic rings. The molecule has 2 rings (SSSR count). The van der Waals surface area contributed by atoms with Gasteiger partial charge in [0.1, 0.15) is 5.82 Å². The molecule has 0 aliphatic carbocycles. The summed E-state index contributed by atoms with van der Waals surface area (Å²) >= 11 is 0. The van der Waals surface area contributed by atoms with E-state index >= 15 is 0 Å². The summed E-state index contributed by atoms with van der Waals surface area (Å²) in [6.45, 7) is 4.12. The zero-order chi connectivity index (χ0) is 11.7. The van der Waals surface area contributed by atoms with Crippen molar-refractivity contribution in [3.05, 3.63) is 41.6 Å². The normalized spacial score (nSPS) is 9.88. The Labute approximate surface area is 117 Å². The first-order valence-electron chi connectivity index (χ1n) is 5.32. The predicted molar refractivity (Wildman–Crippen MR) is 66.2 cm³/mol. The molecule has 0 radical (unpaired) electrons. The van der Waals surface area contributed by atoms with Gasteiger partial charge >= 0.3 is 0 Å². The van der Waals surface area contributed by atoms with Crippen LogP contribution in [0.5, 0.6) is 0 Å². The summed E-state index contributed by atoms with van der Waals surface area (Å²) < 4.78 is 1.94. The summed E-state index contributed by atoms with van der Waals surface area (Å²) in [7, 11) is 4.06. The summed E-state index contributed by atoms with van der Waals surface area (Å²) in [5, 5.41) is 4.55. The molecule has 0 aliphatic heterocycles. The van der Waals surface area contributed by atoms with Crippen LogP contribution in [0.2, 0.25) is 0 Å². The number of hydrogen-bond acceptors (Lipinski definition) is 2. The average molecular weight is 409 g/mol. The number of nitrogens with zero attached hydrogens (tertiary/aromatic N) is 3. The van der Waals surface area contributed by atoms with E-state index in [0.717, 1.165) is 17.2 Å². The Morgan fingerprint density at radius 1 is 1.24 bits per heavy atom. The summed E-state index contributed by atoms with van der Waals surface area (Å²) in [6.07, 6.45) is 0. The van der Waals surface area contributed by atoms with Gasteiger partial charge in [0.05, 0.1) is 5.69 Å². The van der Waals surface area contributed by atoms with Crippen molar-refractivity contribution in [3.8, 4) is 5.69 Å². The van der Waals surface area contributed by atoms with Crippen molar-refractivity contribution >= 4 is 5.82 Å². The zero-order valence-electron chi connectivity index (χ0n) is 10.5. The molecule has 0 atom stereocenters. The first-order chi connectivity index (χ1) is 7.61. The predicted octanol–water partition coefficient (Wildman–Crippen LogP) is 2.35. The van der Waals surface area contributed by atoms with Crippen molar-refractivity contribution in [1.29, 1.82) is 0 Å². The maximum absolute atomic E-state index is 4.55. The molecule has 17 heavy (non-hydrogen) atoms. The number of aromatic nitrogens is 2. The molecule has 1 aromatic heterocycles. The fourth-order valence-corrected chi connectivity index (χ4v) is 1.80. The number of anilines is 1. The molecule has 1 heterocycles. The molecule has 0 unspecified atom stereocenters. The van der Waals surface area contributed by atoms with Crippen LogP contribution in [-0.4, -0.2) is 23.9 Å². The Morgan fingerprint density at radius 3 is 2.47 bits per heavy atom. The average Bonchev–Trinajstić information content (AvgIpc) is 2.57. The molecule has 1 aromatic carbocycles. The standard InChI is InChI=1S/C13H16N3.Pt/c1-10-11(2)14-16(13(10)15(3)4)12-8-6-5-7-9-12;/h5-8H,1-4H3;/q-1;. The molecular weight excluding hydrogens is 393 g/mol. The quantitative estimate of drug-likeness (QED) is 0.711. The number of aryl methyl sites for hydroxylation is 1. The van der Waals surface area contributed by atoms with Crippen LogP contribution >= 0.6 is 0 Å². The van der Waals surface area contributed by atoms with Gasteiger partial charge in [0, 0.05) is 40.7 Å². The third-order valence-corrected chi connectivity index (χ3v) is 2.67. The fourth-order valence-electron chi connectivity index (χ4n) is 1.80. The van der Waals surface area contributed by atoms with Crippen molar-refractivity contribution in [2.45, 2.75) is 13.8 Å². The van der Waals surface area contributed by atoms with E-state index in [4.69, 9.17) is 0 Å². The number of para-hydroxylation sites is 1. The second-order valence-electron chi connectivity index (χ2n) is 4.09. The molecule has 0 bridgehead atoms. The van der Waals surface area contributed by atoms with E-state index < -0.39 is 0 Å². The van der Waals surface area contributed by atoms with Crippen LogP contribution in [0.25, 0.3) is 5.69 Å². The molecular formula is C13H16N3Pt-. The summed E-state index contributed by atoms with van der Waals surface area (Å²) in [6, 6.07) is 11.1. The van der Waals surface area contributed by atoms with Crippen LogP contribution in [0.1, 0.15) is 11.3 Å². The van der Waals surface area contributed by atoms with Gasteiger partial charge in [-0.05, 0) is 19.5 Å². The van der Waals surface area contributed by atoms with Crippen molar-refractivity contribution in [2.24, 2.45) is 0 Å². The first-order valence-corrected chi connectivity index (χ1v) is 5.32. The van der Waals surface area contributed by atoms with Gasteiger partial charge in [-0.2, -0.15) is 29.4 Å². The monoisotopic (exact) mass is 409 g/mol. The van der Waals surface area contributed by atoms with E-state index in [2.05, 4.69) is 23.0 Å². The molecule has 0 aliphatic rings. The number of benzene rings is 1. The zero-order valence-corrected chi connectivity index (χ0v) is 12.7. The number of rotatable bonds is 2. The Bertz CT molecular complexity index is 489. The first kappa shape index (κ1) is 14.0. The van der Waals surface area contributed by atoms with Crippen LogP contribution in [0, 0.1) is 19.9 Å². The Morgan fingerprint density at radius 2 is 1.94 bits per heavy atom. The Hall–Kier alpha value is -1.08. The summed E-state index contributed by atoms with van der Waals surface area (Å²) in [5.74, 6) is 1.11. The number of hydrogen-bond donors (Lipinski definition) is 0. The van der Waals surface area contributed by atoms with Crippen LogP contribution in [-0.2, 0) is 21.1 Å². The van der Waals surface area contributed by atoms with Gasteiger partial charge < -0.3 is 4.90 Å². The maximum Gasteiger partial charge on any atom is 0.132 e. The van der Waals surface area contributed by atoms with Crippen molar-refractivity contribution in [2.75, 3.05) is 19.0 Å². The van der Waals surface area contributed by atoms with Gasteiger partial charge in [-0.3, -0.25) is 0 Å². The molecule has 0 N–H and O–H groups in total. The topological polar surface area (TPSA) is 21.1 Å². The van der Waals surface area contributed by atoms with Gasteiger partial charge in [-0.15, -0.1) is 6.07 Å². The summed E-state index contributed by atoms with van der Waals surface area (Å²) in [4.78, 5) is 2.08. The van der Waals surface area contributed by atoms with E-state index in [1.807, 2.05) is 50.0 Å². The molecule has 0 amide bonds. The minimum Gasteiger partial charge on any atom is -0.362 e. The minimum atomic E-state index is 0. The van der Waals surface area contributed by atoms with E-state index in [-0.39, 0.29) is 21.1 Å². The van der Waals surface area contributed by atoms with E-state index in [0.29, 0.717) is 0 Å². The van der Waals surface area contributed by atoms with Gasteiger partial charge in [-0.25, -0.2) is 4.68 Å². The largest absolute Gasteiger partial charge is 0.362 e. The second-order valence-corrected chi connectivity index (χ2v) is 4.09. The van der Waals surface area contributed by atoms with Crippen LogP contribution in [0.4, 0.5) is 5.82 Å². The third-order valence-electron chi connectivity index (χ3n) is 2.67. The van der Waals surface area contributed by atoms with E-state index in [9.17, 15) is 0 Å². The molecule has 0 spiro atoms. The van der Waals surface area contributed by atoms with Gasteiger partial charge in [-0.1, -0.05) is 0 Å². The molecule has 0 saturated carbocycles. The third kappa shape index (κ3) is 2.60. The Kier molecular flexibility index (Phi) is 4.53. The van der Waals surface area contributed by atoms with Crippen LogP contribution < -0.4 is 4.90 Å². The van der Waals surface area contributed by atoms with E-state index in [1.54, 1.807) is 0 Å². The van der Waals surface area contributed by atoms with Crippen molar-refractivity contribution in [1.82, 2.24) is 9.78 Å². The smallest absolute Gasteiger partial charge is 0.132 e. The molecule has 0 saturated heterocycles. The van der Waals surface area contributed by atoms with Gasteiger partial charge in [0.15, 0.2) is 0 Å². The molecule has 4 heteroatoms. The minimum absolute atomic E-state index is 0. The van der Waals surface area contributed by atoms with Gasteiger partial charge in [0.25, 0.3) is 0 Å². The molecule has 0 fully saturated rings. The second kappa shape index (κ2) is 5.50. The fraction of sp³-hybridized carbons (Fsp3) is 0.308. The van der Waals surface area contributed by atoms with Crippen LogP contribution in [0.3, 0.4) is 0 Å². The maximum atomic E-state index is 4.55. The molecule has 3 nitrogen and oxygen atoms in total.